The molecule has 2 atom stereocenters. The summed E-state index contributed by atoms with van der Waals surface area (Å²) in [6, 6.07) is 8.75. The van der Waals surface area contributed by atoms with Crippen molar-refractivity contribution in [2.45, 2.75) is 24.8 Å². The third-order valence-corrected chi connectivity index (χ3v) is 4.34. The van der Waals surface area contributed by atoms with Crippen molar-refractivity contribution >= 4 is 11.6 Å². The van der Waals surface area contributed by atoms with Crippen molar-refractivity contribution < 1.29 is 4.39 Å². The predicted octanol–water partition coefficient (Wildman–Crippen LogP) is 3.86. The first kappa shape index (κ1) is 13.5. The first-order valence-electron chi connectivity index (χ1n) is 6.76. The van der Waals surface area contributed by atoms with Crippen LogP contribution in [0.25, 0.3) is 0 Å². The quantitative estimate of drug-likeness (QED) is 0.928. The van der Waals surface area contributed by atoms with E-state index in [2.05, 4.69) is 16.4 Å². The van der Waals surface area contributed by atoms with Gasteiger partial charge in [-0.1, -0.05) is 23.7 Å². The van der Waals surface area contributed by atoms with Gasteiger partial charge in [0.25, 0.3) is 0 Å². The van der Waals surface area contributed by atoms with E-state index < -0.39 is 0 Å². The Morgan fingerprint density at radius 1 is 1.40 bits per heavy atom. The Morgan fingerprint density at radius 2 is 2.25 bits per heavy atom. The fourth-order valence-electron chi connectivity index (χ4n) is 3.10. The molecule has 2 aromatic rings. The molecule has 20 heavy (non-hydrogen) atoms. The highest BCUT2D eigenvalue weighted by Gasteiger charge is 2.32. The Bertz CT molecular complexity index is 630. The maximum absolute atomic E-state index is 13.2. The summed E-state index contributed by atoms with van der Waals surface area (Å²) in [6.07, 6.45) is 3.90. The maximum atomic E-state index is 13.2. The molecule has 2 nitrogen and oxygen atoms in total. The number of nitrogens with one attached hydrogen (secondary N) is 1. The number of nitrogens with zero attached hydrogens (tertiary/aromatic N) is 1. The summed E-state index contributed by atoms with van der Waals surface area (Å²) in [7, 11) is 1.91. The summed E-state index contributed by atoms with van der Waals surface area (Å²) in [6.45, 7) is 0. The molecule has 1 aliphatic rings. The lowest BCUT2D eigenvalue weighted by Gasteiger charge is -2.24. The SMILES string of the molecule is CNC(c1ccc(F)cc1Cl)C1CCc2cccnc21. The second-order valence-corrected chi connectivity index (χ2v) is 5.53. The van der Waals surface area contributed by atoms with E-state index in [-0.39, 0.29) is 17.8 Å². The summed E-state index contributed by atoms with van der Waals surface area (Å²) >= 11 is 6.21. The molecule has 1 N–H and O–H groups in total. The molecule has 1 heterocycles. The molecule has 0 spiro atoms. The largest absolute Gasteiger partial charge is 0.312 e. The molecular formula is C16H16ClFN2. The highest BCUT2D eigenvalue weighted by molar-refractivity contribution is 6.31. The zero-order valence-corrected chi connectivity index (χ0v) is 12.0. The Hall–Kier alpha value is -1.45. The number of benzene rings is 1. The van der Waals surface area contributed by atoms with Crippen LogP contribution < -0.4 is 5.32 Å². The first-order chi connectivity index (χ1) is 9.70. The van der Waals surface area contributed by atoms with Crippen LogP contribution in [0, 0.1) is 5.82 Å². The minimum atomic E-state index is -0.307. The Morgan fingerprint density at radius 3 is 3.00 bits per heavy atom. The predicted molar refractivity (Wildman–Crippen MR) is 78.5 cm³/mol. The van der Waals surface area contributed by atoms with Crippen LogP contribution in [-0.2, 0) is 6.42 Å². The van der Waals surface area contributed by atoms with Crippen LogP contribution in [0.1, 0.15) is 35.2 Å². The number of pyridine rings is 1. The van der Waals surface area contributed by atoms with Gasteiger partial charge in [0.05, 0.1) is 0 Å². The van der Waals surface area contributed by atoms with Crippen LogP contribution in [-0.4, -0.2) is 12.0 Å². The molecular weight excluding hydrogens is 275 g/mol. The fourth-order valence-corrected chi connectivity index (χ4v) is 3.38. The monoisotopic (exact) mass is 290 g/mol. The van der Waals surface area contributed by atoms with Gasteiger partial charge in [0.15, 0.2) is 0 Å². The number of halogens is 2. The van der Waals surface area contributed by atoms with Gasteiger partial charge in [0.2, 0.25) is 0 Å². The summed E-state index contributed by atoms with van der Waals surface area (Å²) < 4.78 is 13.2. The number of rotatable bonds is 3. The minimum Gasteiger partial charge on any atom is -0.312 e. The average Bonchev–Trinajstić information content (AvgIpc) is 2.86. The van der Waals surface area contributed by atoms with E-state index in [1.165, 1.54) is 17.7 Å². The third kappa shape index (κ3) is 2.32. The van der Waals surface area contributed by atoms with Crippen molar-refractivity contribution in [2.75, 3.05) is 7.05 Å². The van der Waals surface area contributed by atoms with Crippen LogP contribution in [0.3, 0.4) is 0 Å². The van der Waals surface area contributed by atoms with Crippen molar-refractivity contribution in [3.8, 4) is 0 Å². The van der Waals surface area contributed by atoms with Crippen LogP contribution >= 0.6 is 11.6 Å². The molecule has 1 aromatic carbocycles. The van der Waals surface area contributed by atoms with Gasteiger partial charge in [-0.25, -0.2) is 4.39 Å². The fraction of sp³-hybridized carbons (Fsp3) is 0.312. The molecule has 4 heteroatoms. The van der Waals surface area contributed by atoms with Gasteiger partial charge in [-0.2, -0.15) is 0 Å². The number of likely N-dealkylation sites (N-methyl/N-ethyl adjacent to an activating group) is 1. The van der Waals surface area contributed by atoms with Crippen LogP contribution in [0.15, 0.2) is 36.5 Å². The van der Waals surface area contributed by atoms with Gasteiger partial charge in [0, 0.05) is 28.9 Å². The van der Waals surface area contributed by atoms with Gasteiger partial charge in [0.1, 0.15) is 5.82 Å². The van der Waals surface area contributed by atoms with Crippen molar-refractivity contribution in [3.05, 3.63) is 64.2 Å². The number of aryl methyl sites for hydroxylation is 1. The Kier molecular flexibility index (Phi) is 3.72. The molecule has 0 bridgehead atoms. The molecule has 1 aliphatic carbocycles. The minimum absolute atomic E-state index is 0.0549. The third-order valence-electron chi connectivity index (χ3n) is 4.01. The lowest BCUT2D eigenvalue weighted by molar-refractivity contribution is 0.469. The molecule has 3 rings (SSSR count). The molecule has 0 saturated carbocycles. The summed E-state index contributed by atoms with van der Waals surface area (Å²) in [5, 5.41) is 3.78. The first-order valence-corrected chi connectivity index (χ1v) is 7.14. The number of hydrogen-bond acceptors (Lipinski definition) is 2. The smallest absolute Gasteiger partial charge is 0.124 e. The van der Waals surface area contributed by atoms with Gasteiger partial charge in [-0.3, -0.25) is 4.98 Å². The van der Waals surface area contributed by atoms with Gasteiger partial charge in [-0.15, -0.1) is 0 Å². The van der Waals surface area contributed by atoms with Gasteiger partial charge >= 0.3 is 0 Å². The zero-order valence-electron chi connectivity index (χ0n) is 11.2. The second kappa shape index (κ2) is 5.51. The lowest BCUT2D eigenvalue weighted by Crippen LogP contribution is -2.23. The summed E-state index contributed by atoms with van der Waals surface area (Å²) in [4.78, 5) is 4.53. The van der Waals surface area contributed by atoms with E-state index in [1.54, 1.807) is 6.07 Å². The molecule has 0 amide bonds. The average molecular weight is 291 g/mol. The lowest BCUT2D eigenvalue weighted by atomic mass is 9.91. The molecule has 0 aliphatic heterocycles. The topological polar surface area (TPSA) is 24.9 Å². The Labute approximate surface area is 123 Å². The van der Waals surface area contributed by atoms with Crippen molar-refractivity contribution in [1.29, 1.82) is 0 Å². The summed E-state index contributed by atoms with van der Waals surface area (Å²) in [5.41, 5.74) is 3.36. The number of fused-ring (bicyclic) bond motifs is 1. The maximum Gasteiger partial charge on any atom is 0.124 e. The van der Waals surface area contributed by atoms with E-state index in [4.69, 9.17) is 11.6 Å². The molecule has 0 radical (unpaired) electrons. The highest BCUT2D eigenvalue weighted by atomic mass is 35.5. The Balaban J connectivity index is 1.99. The molecule has 1 aromatic heterocycles. The van der Waals surface area contributed by atoms with E-state index in [0.717, 1.165) is 24.1 Å². The van der Waals surface area contributed by atoms with Crippen LogP contribution in [0.4, 0.5) is 4.39 Å². The van der Waals surface area contributed by atoms with Crippen molar-refractivity contribution in [3.63, 3.8) is 0 Å². The molecule has 0 saturated heterocycles. The summed E-state index contributed by atoms with van der Waals surface area (Å²) in [5.74, 6) is -0.0299. The standard InChI is InChI=1S/C16H16ClFN2/c1-19-16(12-7-5-11(18)9-14(12)17)13-6-4-10-3-2-8-20-15(10)13/h2-3,5,7-9,13,16,19H,4,6H2,1H3. The van der Waals surface area contributed by atoms with Crippen molar-refractivity contribution in [2.24, 2.45) is 0 Å². The van der Waals surface area contributed by atoms with E-state index >= 15 is 0 Å². The number of hydrogen-bond donors (Lipinski definition) is 1. The molecule has 0 fully saturated rings. The highest BCUT2D eigenvalue weighted by Crippen LogP contribution is 2.42. The van der Waals surface area contributed by atoms with Gasteiger partial charge in [-0.05, 0) is 49.2 Å². The normalized spacial score (nSPS) is 18.9. The van der Waals surface area contributed by atoms with Crippen molar-refractivity contribution in [1.82, 2.24) is 10.3 Å². The van der Waals surface area contributed by atoms with Crippen LogP contribution in [0.5, 0.6) is 0 Å². The van der Waals surface area contributed by atoms with E-state index in [0.29, 0.717) is 5.02 Å². The van der Waals surface area contributed by atoms with E-state index in [9.17, 15) is 4.39 Å². The second-order valence-electron chi connectivity index (χ2n) is 5.13. The van der Waals surface area contributed by atoms with Crippen LogP contribution in [0.2, 0.25) is 5.02 Å². The zero-order chi connectivity index (χ0) is 14.1. The van der Waals surface area contributed by atoms with E-state index in [1.807, 2.05) is 19.3 Å². The molecule has 104 valence electrons. The number of aromatic nitrogens is 1. The van der Waals surface area contributed by atoms with Gasteiger partial charge < -0.3 is 5.32 Å². The molecule has 2 unspecified atom stereocenters.